The molecule has 24 heavy (non-hydrogen) atoms. The summed E-state index contributed by atoms with van der Waals surface area (Å²) in [5.74, 6) is -2.16. The summed E-state index contributed by atoms with van der Waals surface area (Å²) in [5.41, 5.74) is 0.122. The Morgan fingerprint density at radius 1 is 1.29 bits per heavy atom. The number of aliphatic carboxylic acids is 1. The molecular weight excluding hydrogens is 336 g/mol. The molecule has 1 aliphatic heterocycles. The second-order valence-corrected chi connectivity index (χ2v) is 7.56. The van der Waals surface area contributed by atoms with Crippen LogP contribution in [0.15, 0.2) is 23.1 Å². The van der Waals surface area contributed by atoms with Crippen LogP contribution in [-0.2, 0) is 14.8 Å². The van der Waals surface area contributed by atoms with Crippen molar-refractivity contribution < 1.29 is 27.9 Å². The minimum absolute atomic E-state index is 0.00491. The van der Waals surface area contributed by atoms with E-state index in [0.717, 1.165) is 4.31 Å². The summed E-state index contributed by atoms with van der Waals surface area (Å²) in [5, 5.41) is 8.66. The zero-order valence-electron chi connectivity index (χ0n) is 13.5. The summed E-state index contributed by atoms with van der Waals surface area (Å²) in [6, 6.07) is 3.32. The molecule has 0 saturated heterocycles. The third-order valence-corrected chi connectivity index (χ3v) is 5.67. The average Bonchev–Trinajstić information content (AvgIpc) is 2.70. The normalized spacial score (nSPS) is 15.5. The first-order valence-electron chi connectivity index (χ1n) is 7.27. The van der Waals surface area contributed by atoms with E-state index in [1.54, 1.807) is 13.8 Å². The highest BCUT2D eigenvalue weighted by Crippen LogP contribution is 2.32. The van der Waals surface area contributed by atoms with Crippen LogP contribution in [0.1, 0.15) is 41.0 Å². The van der Waals surface area contributed by atoms with Gasteiger partial charge in [0.15, 0.2) is 0 Å². The lowest BCUT2D eigenvalue weighted by molar-refractivity contribution is -0.137. The van der Waals surface area contributed by atoms with Crippen LogP contribution in [-0.4, -0.2) is 60.1 Å². The Labute approximate surface area is 139 Å². The van der Waals surface area contributed by atoms with Crippen LogP contribution in [0.25, 0.3) is 0 Å². The summed E-state index contributed by atoms with van der Waals surface area (Å²) >= 11 is 0. The zero-order valence-corrected chi connectivity index (χ0v) is 14.3. The third-order valence-electron chi connectivity index (χ3n) is 3.67. The van der Waals surface area contributed by atoms with Crippen molar-refractivity contribution in [3.8, 4) is 0 Å². The van der Waals surface area contributed by atoms with E-state index in [-0.39, 0.29) is 29.0 Å². The van der Waals surface area contributed by atoms with Crippen LogP contribution in [0.3, 0.4) is 0 Å². The molecule has 1 aliphatic rings. The largest absolute Gasteiger partial charge is 0.481 e. The second-order valence-electron chi connectivity index (χ2n) is 5.78. The van der Waals surface area contributed by atoms with E-state index >= 15 is 0 Å². The molecule has 0 aliphatic carbocycles. The first-order chi connectivity index (χ1) is 11.1. The van der Waals surface area contributed by atoms with Gasteiger partial charge in [0.2, 0.25) is 0 Å². The molecule has 1 aromatic rings. The minimum Gasteiger partial charge on any atom is -0.481 e. The average molecular weight is 354 g/mol. The van der Waals surface area contributed by atoms with Gasteiger partial charge in [-0.1, -0.05) is 0 Å². The van der Waals surface area contributed by atoms with Crippen molar-refractivity contribution in [1.82, 2.24) is 9.21 Å². The maximum atomic E-state index is 12.5. The molecule has 130 valence electrons. The van der Waals surface area contributed by atoms with Crippen LogP contribution in [0.4, 0.5) is 0 Å². The molecule has 8 nitrogen and oxygen atoms in total. The van der Waals surface area contributed by atoms with E-state index in [9.17, 15) is 22.8 Å². The number of carboxylic acids is 1. The Hall–Kier alpha value is -2.42. The maximum absolute atomic E-state index is 12.5. The van der Waals surface area contributed by atoms with Gasteiger partial charge in [0, 0.05) is 25.2 Å². The molecule has 1 aromatic carbocycles. The Balaban J connectivity index is 2.37. The number of nitrogens with zero attached hydrogens (tertiary/aromatic N) is 2. The van der Waals surface area contributed by atoms with Gasteiger partial charge in [0.25, 0.3) is 21.8 Å². The summed E-state index contributed by atoms with van der Waals surface area (Å²) in [7, 11) is -2.55. The number of carbonyl (C=O) groups is 3. The van der Waals surface area contributed by atoms with E-state index in [0.29, 0.717) is 0 Å². The molecule has 0 radical (unpaired) electrons. The number of sulfonamides is 1. The quantitative estimate of drug-likeness (QED) is 0.836. The van der Waals surface area contributed by atoms with Crippen molar-refractivity contribution in [3.05, 3.63) is 29.3 Å². The minimum atomic E-state index is -3.98. The van der Waals surface area contributed by atoms with Crippen molar-refractivity contribution in [2.75, 3.05) is 13.6 Å². The van der Waals surface area contributed by atoms with Gasteiger partial charge in [-0.15, -0.1) is 0 Å². The van der Waals surface area contributed by atoms with Gasteiger partial charge in [-0.25, -0.2) is 12.7 Å². The topological polar surface area (TPSA) is 112 Å². The van der Waals surface area contributed by atoms with Crippen LogP contribution in [0.2, 0.25) is 0 Å². The number of rotatable bonds is 5. The molecule has 0 fully saturated rings. The fourth-order valence-electron chi connectivity index (χ4n) is 2.48. The van der Waals surface area contributed by atoms with Gasteiger partial charge < -0.3 is 10.0 Å². The fraction of sp³-hybridized carbons (Fsp3) is 0.400. The van der Waals surface area contributed by atoms with E-state index < -0.39 is 33.8 Å². The highest BCUT2D eigenvalue weighted by Gasteiger charge is 2.43. The lowest BCUT2D eigenvalue weighted by atomic mass is 10.1. The Kier molecular flexibility index (Phi) is 4.66. The van der Waals surface area contributed by atoms with E-state index in [4.69, 9.17) is 5.11 Å². The lowest BCUT2D eigenvalue weighted by Crippen LogP contribution is -2.36. The summed E-state index contributed by atoms with van der Waals surface area (Å²) in [6.07, 6.45) is -0.217. The number of benzene rings is 1. The van der Waals surface area contributed by atoms with Crippen molar-refractivity contribution in [3.63, 3.8) is 0 Å². The fourth-order valence-corrected chi connectivity index (χ4v) is 4.27. The second kappa shape index (κ2) is 6.23. The molecule has 0 unspecified atom stereocenters. The number of hydrogen-bond donors (Lipinski definition) is 1. The van der Waals surface area contributed by atoms with E-state index in [1.165, 1.54) is 30.1 Å². The molecule has 2 amide bonds. The van der Waals surface area contributed by atoms with Crippen LogP contribution in [0.5, 0.6) is 0 Å². The van der Waals surface area contributed by atoms with E-state index in [1.807, 2.05) is 0 Å². The van der Waals surface area contributed by atoms with E-state index in [2.05, 4.69) is 0 Å². The van der Waals surface area contributed by atoms with Crippen molar-refractivity contribution in [1.29, 1.82) is 0 Å². The zero-order chi connectivity index (χ0) is 18.2. The van der Waals surface area contributed by atoms with Gasteiger partial charge in [-0.3, -0.25) is 14.4 Å². The van der Waals surface area contributed by atoms with Gasteiger partial charge in [-0.05, 0) is 32.0 Å². The van der Waals surface area contributed by atoms with Gasteiger partial charge in [-0.2, -0.15) is 0 Å². The first kappa shape index (κ1) is 17.9. The third kappa shape index (κ3) is 2.99. The number of fused-ring (bicyclic) bond motifs is 1. The van der Waals surface area contributed by atoms with Crippen molar-refractivity contribution in [2.24, 2.45) is 0 Å². The van der Waals surface area contributed by atoms with Crippen LogP contribution in [0, 0.1) is 0 Å². The van der Waals surface area contributed by atoms with Crippen LogP contribution >= 0.6 is 0 Å². The Morgan fingerprint density at radius 3 is 2.46 bits per heavy atom. The molecule has 9 heteroatoms. The highest BCUT2D eigenvalue weighted by atomic mass is 32.2. The van der Waals surface area contributed by atoms with Gasteiger partial charge in [0.05, 0.1) is 12.0 Å². The molecule has 0 saturated carbocycles. The molecule has 0 aromatic heterocycles. The molecular formula is C15H18N2O6S. The molecule has 1 N–H and O–H groups in total. The highest BCUT2D eigenvalue weighted by molar-refractivity contribution is 7.90. The molecule has 0 spiro atoms. The SMILES string of the molecule is CC(C)N1C(=O)c2ccc(C(=O)N(C)CCC(=O)O)cc2S1(=O)=O. The van der Waals surface area contributed by atoms with Crippen LogP contribution < -0.4 is 0 Å². The number of hydrogen-bond acceptors (Lipinski definition) is 5. The van der Waals surface area contributed by atoms with Crippen molar-refractivity contribution in [2.45, 2.75) is 31.2 Å². The smallest absolute Gasteiger partial charge is 0.305 e. The number of carbonyl (C=O) groups excluding carboxylic acids is 2. The van der Waals surface area contributed by atoms with Gasteiger partial charge in [0.1, 0.15) is 4.90 Å². The predicted octanol–water partition coefficient (Wildman–Crippen LogP) is 0.786. The number of amides is 2. The monoisotopic (exact) mass is 354 g/mol. The number of carboxylic acid groups (broad SMARTS) is 1. The first-order valence-corrected chi connectivity index (χ1v) is 8.71. The summed E-state index contributed by atoms with van der Waals surface area (Å²) in [4.78, 5) is 36.1. The Morgan fingerprint density at radius 2 is 1.92 bits per heavy atom. The maximum Gasteiger partial charge on any atom is 0.305 e. The lowest BCUT2D eigenvalue weighted by Gasteiger charge is -2.19. The molecule has 1 heterocycles. The predicted molar refractivity (Wildman–Crippen MR) is 84.1 cm³/mol. The standard InChI is InChI=1S/C15H18N2O6S/c1-9(2)17-15(21)11-5-4-10(8-12(11)24(17,22)23)14(20)16(3)7-6-13(18)19/h4-5,8-9H,6-7H2,1-3H3,(H,18,19). The van der Waals surface area contributed by atoms with Gasteiger partial charge >= 0.3 is 5.97 Å². The summed E-state index contributed by atoms with van der Waals surface area (Å²) in [6.45, 7) is 3.18. The molecule has 2 rings (SSSR count). The molecule has 0 bridgehead atoms. The van der Waals surface area contributed by atoms with Crippen molar-refractivity contribution >= 4 is 27.8 Å². The molecule has 0 atom stereocenters. The Bertz CT molecular complexity index is 815. The summed E-state index contributed by atoms with van der Waals surface area (Å²) < 4.78 is 25.8.